The third-order valence-electron chi connectivity index (χ3n) is 8.15. The molecular formula is C28H33ClN4O3. The topological polar surface area (TPSA) is 65.1 Å². The Morgan fingerprint density at radius 2 is 1.89 bits per heavy atom. The van der Waals surface area contributed by atoms with E-state index in [2.05, 4.69) is 22.2 Å². The quantitative estimate of drug-likeness (QED) is 0.660. The highest BCUT2D eigenvalue weighted by atomic mass is 35.5. The van der Waals surface area contributed by atoms with E-state index in [1.807, 2.05) is 47.4 Å². The van der Waals surface area contributed by atoms with Crippen LogP contribution in [0.25, 0.3) is 0 Å². The predicted octanol–water partition coefficient (Wildman–Crippen LogP) is 4.04. The molecule has 0 radical (unpaired) electrons. The van der Waals surface area contributed by atoms with Crippen LogP contribution in [-0.2, 0) is 9.53 Å². The lowest BCUT2D eigenvalue weighted by molar-refractivity contribution is -0.117. The Balaban J connectivity index is 1.34. The number of hydrogen-bond donors (Lipinski definition) is 1. The number of anilines is 2. The van der Waals surface area contributed by atoms with Crippen LogP contribution in [0.4, 0.5) is 11.4 Å². The van der Waals surface area contributed by atoms with Crippen LogP contribution < -0.4 is 10.2 Å². The summed E-state index contributed by atoms with van der Waals surface area (Å²) in [5.41, 5.74) is 3.49. The standard InChI is InChI=1S/C28H33ClN4O3/c1-31-12-13-33(25(15-31)21-4-2-3-5-23(21)29)27(35)22-9-8-20(30-26(34)19-6-7-19)14-24(22)32-11-10-28(16-32)17-36-18-28/h2-5,8-9,14,19,25H,6-7,10-13,15-18H2,1H3,(H,30,34). The number of carbonyl (C=O) groups excluding carboxylic acids is 2. The maximum atomic E-state index is 14.2. The summed E-state index contributed by atoms with van der Waals surface area (Å²) >= 11 is 6.59. The molecule has 2 aromatic rings. The van der Waals surface area contributed by atoms with E-state index >= 15 is 0 Å². The Kier molecular flexibility index (Phi) is 6.18. The molecule has 0 aromatic heterocycles. The van der Waals surface area contributed by atoms with E-state index in [0.717, 1.165) is 75.6 Å². The average Bonchev–Trinajstić information content (AvgIpc) is 3.61. The van der Waals surface area contributed by atoms with Gasteiger partial charge in [0.25, 0.3) is 5.91 Å². The first-order chi connectivity index (χ1) is 17.4. The molecule has 3 heterocycles. The normalized spacial score (nSPS) is 23.6. The van der Waals surface area contributed by atoms with Crippen LogP contribution in [0.1, 0.15) is 41.2 Å². The number of nitrogens with zero attached hydrogens (tertiary/aromatic N) is 3. The second kappa shape index (κ2) is 9.36. The zero-order chi connectivity index (χ0) is 24.9. The lowest BCUT2D eigenvalue weighted by Gasteiger charge is -2.41. The number of nitrogens with one attached hydrogen (secondary N) is 1. The molecule has 1 saturated carbocycles. The third-order valence-corrected chi connectivity index (χ3v) is 8.49. The van der Waals surface area contributed by atoms with E-state index in [1.165, 1.54) is 0 Å². The van der Waals surface area contributed by atoms with Crippen LogP contribution in [0.15, 0.2) is 42.5 Å². The van der Waals surface area contributed by atoms with Crippen molar-refractivity contribution in [3.8, 4) is 0 Å². The Bertz CT molecular complexity index is 1180. The van der Waals surface area contributed by atoms with E-state index < -0.39 is 0 Å². The van der Waals surface area contributed by atoms with Crippen molar-refractivity contribution in [2.45, 2.75) is 25.3 Å². The second-order valence-electron chi connectivity index (χ2n) is 11.0. The first-order valence-corrected chi connectivity index (χ1v) is 13.3. The molecule has 6 rings (SSSR count). The lowest BCUT2D eigenvalue weighted by Crippen LogP contribution is -2.49. The second-order valence-corrected chi connectivity index (χ2v) is 11.4. The molecule has 190 valence electrons. The number of carbonyl (C=O) groups is 2. The van der Waals surface area contributed by atoms with Gasteiger partial charge in [-0.15, -0.1) is 0 Å². The Morgan fingerprint density at radius 3 is 2.58 bits per heavy atom. The minimum atomic E-state index is -0.128. The van der Waals surface area contributed by atoms with Crippen molar-refractivity contribution < 1.29 is 14.3 Å². The summed E-state index contributed by atoms with van der Waals surface area (Å²) in [7, 11) is 2.08. The van der Waals surface area contributed by atoms with Gasteiger partial charge in [0, 0.05) is 54.8 Å². The van der Waals surface area contributed by atoms with Gasteiger partial charge in [-0.3, -0.25) is 9.59 Å². The number of amides is 2. The van der Waals surface area contributed by atoms with E-state index in [1.54, 1.807) is 0 Å². The van der Waals surface area contributed by atoms with Crippen molar-refractivity contribution in [1.82, 2.24) is 9.80 Å². The van der Waals surface area contributed by atoms with E-state index in [-0.39, 0.29) is 29.2 Å². The summed E-state index contributed by atoms with van der Waals surface area (Å²) in [5, 5.41) is 3.75. The summed E-state index contributed by atoms with van der Waals surface area (Å²) in [6.45, 7) is 5.45. The highest BCUT2D eigenvalue weighted by molar-refractivity contribution is 6.31. The van der Waals surface area contributed by atoms with Gasteiger partial charge in [-0.25, -0.2) is 0 Å². The Morgan fingerprint density at radius 1 is 1.08 bits per heavy atom. The molecule has 1 unspecified atom stereocenters. The number of hydrogen-bond acceptors (Lipinski definition) is 5. The number of likely N-dealkylation sites (N-methyl/N-ethyl adjacent to an activating group) is 1. The zero-order valence-corrected chi connectivity index (χ0v) is 21.5. The minimum Gasteiger partial charge on any atom is -0.380 e. The summed E-state index contributed by atoms with van der Waals surface area (Å²) in [6, 6.07) is 13.4. The van der Waals surface area contributed by atoms with E-state index in [9.17, 15) is 9.59 Å². The highest BCUT2D eigenvalue weighted by Gasteiger charge is 2.45. The van der Waals surface area contributed by atoms with Gasteiger partial charge in [0.15, 0.2) is 0 Å². The average molecular weight is 509 g/mol. The zero-order valence-electron chi connectivity index (χ0n) is 20.7. The van der Waals surface area contributed by atoms with Gasteiger partial charge in [-0.2, -0.15) is 0 Å². The Hall–Kier alpha value is -2.61. The summed E-state index contributed by atoms with van der Waals surface area (Å²) in [6.07, 6.45) is 2.96. The van der Waals surface area contributed by atoms with Gasteiger partial charge >= 0.3 is 0 Å². The molecule has 7 nitrogen and oxygen atoms in total. The molecule has 1 atom stereocenters. The first kappa shape index (κ1) is 23.8. The molecule has 0 bridgehead atoms. The molecule has 1 aliphatic carbocycles. The molecular weight excluding hydrogens is 476 g/mol. The highest BCUT2D eigenvalue weighted by Crippen LogP contribution is 2.42. The molecule has 2 amide bonds. The maximum absolute atomic E-state index is 14.2. The van der Waals surface area contributed by atoms with Crippen molar-refractivity contribution in [1.29, 1.82) is 0 Å². The van der Waals surface area contributed by atoms with Crippen molar-refractivity contribution >= 4 is 34.8 Å². The molecule has 8 heteroatoms. The summed E-state index contributed by atoms with van der Waals surface area (Å²) in [4.78, 5) is 33.2. The monoisotopic (exact) mass is 508 g/mol. The number of piperazine rings is 1. The van der Waals surface area contributed by atoms with Gasteiger partial charge in [-0.05, 0) is 56.1 Å². The van der Waals surface area contributed by atoms with Gasteiger partial charge in [0.05, 0.1) is 30.5 Å². The van der Waals surface area contributed by atoms with E-state index in [0.29, 0.717) is 17.1 Å². The smallest absolute Gasteiger partial charge is 0.256 e. The maximum Gasteiger partial charge on any atom is 0.256 e. The van der Waals surface area contributed by atoms with Crippen LogP contribution in [0, 0.1) is 11.3 Å². The van der Waals surface area contributed by atoms with Crippen LogP contribution in [0.2, 0.25) is 5.02 Å². The van der Waals surface area contributed by atoms with Crippen LogP contribution >= 0.6 is 11.6 Å². The molecule has 4 fully saturated rings. The lowest BCUT2D eigenvalue weighted by atomic mass is 9.85. The van der Waals surface area contributed by atoms with Crippen molar-refractivity contribution in [3.63, 3.8) is 0 Å². The van der Waals surface area contributed by atoms with Gasteiger partial charge in [-0.1, -0.05) is 29.8 Å². The fourth-order valence-corrected chi connectivity index (χ4v) is 6.00. The minimum absolute atomic E-state index is 0.00824. The number of benzene rings is 2. The molecule has 1 spiro atoms. The van der Waals surface area contributed by atoms with E-state index in [4.69, 9.17) is 16.3 Å². The van der Waals surface area contributed by atoms with Gasteiger partial charge < -0.3 is 24.8 Å². The molecule has 4 aliphatic rings. The fraction of sp³-hybridized carbons (Fsp3) is 0.500. The van der Waals surface area contributed by atoms with Gasteiger partial charge in [0.1, 0.15) is 0 Å². The summed E-state index contributed by atoms with van der Waals surface area (Å²) in [5.74, 6) is 0.204. The number of halogens is 1. The predicted molar refractivity (Wildman–Crippen MR) is 141 cm³/mol. The molecule has 3 aliphatic heterocycles. The van der Waals surface area contributed by atoms with Crippen LogP contribution in [0.5, 0.6) is 0 Å². The largest absolute Gasteiger partial charge is 0.380 e. The van der Waals surface area contributed by atoms with Crippen molar-refractivity contribution in [2.75, 3.05) is 63.2 Å². The van der Waals surface area contributed by atoms with Crippen molar-refractivity contribution in [3.05, 3.63) is 58.6 Å². The molecule has 2 aromatic carbocycles. The third kappa shape index (κ3) is 4.49. The Labute approximate surface area is 217 Å². The SMILES string of the molecule is CN1CCN(C(=O)c2ccc(NC(=O)C3CC3)cc2N2CCC3(COC3)C2)C(c2ccccc2Cl)C1. The molecule has 36 heavy (non-hydrogen) atoms. The fourth-order valence-electron chi connectivity index (χ4n) is 5.74. The number of ether oxygens (including phenoxy) is 1. The van der Waals surface area contributed by atoms with Gasteiger partial charge in [0.2, 0.25) is 5.91 Å². The molecule has 3 saturated heterocycles. The summed E-state index contributed by atoms with van der Waals surface area (Å²) < 4.78 is 5.54. The van der Waals surface area contributed by atoms with Crippen LogP contribution in [0.3, 0.4) is 0 Å². The van der Waals surface area contributed by atoms with Crippen LogP contribution in [-0.4, -0.2) is 74.6 Å². The number of rotatable bonds is 5. The van der Waals surface area contributed by atoms with Crippen molar-refractivity contribution in [2.24, 2.45) is 11.3 Å². The first-order valence-electron chi connectivity index (χ1n) is 12.9. The molecule has 1 N–H and O–H groups in total.